The van der Waals surface area contributed by atoms with Crippen LogP contribution in [0.3, 0.4) is 0 Å². The lowest BCUT2D eigenvalue weighted by Gasteiger charge is -2.21. The SMILES string of the molecule is CCCN(Cc1csc(COc2ccc(OC)cc2)n1)C(=O)Cc1ccccc1. The van der Waals surface area contributed by atoms with Gasteiger partial charge in [0.2, 0.25) is 5.91 Å². The third-order valence-electron chi connectivity index (χ3n) is 4.42. The van der Waals surface area contributed by atoms with Crippen LogP contribution >= 0.6 is 11.3 Å². The standard InChI is InChI=1S/C23H26N2O3S/c1-3-13-25(23(26)14-18-7-5-4-6-8-18)15-19-17-29-22(24-19)16-28-21-11-9-20(27-2)10-12-21/h4-12,17H,3,13-16H2,1-2H3. The molecule has 0 aliphatic heterocycles. The smallest absolute Gasteiger partial charge is 0.227 e. The van der Waals surface area contributed by atoms with Crippen molar-refractivity contribution < 1.29 is 14.3 Å². The molecule has 0 N–H and O–H groups in total. The predicted octanol–water partition coefficient (Wildman–Crippen LogP) is 4.71. The van der Waals surface area contributed by atoms with Crippen molar-refractivity contribution in [3.63, 3.8) is 0 Å². The Hall–Kier alpha value is -2.86. The fourth-order valence-corrected chi connectivity index (χ4v) is 3.64. The normalized spacial score (nSPS) is 10.6. The quantitative estimate of drug-likeness (QED) is 0.486. The molecule has 0 bridgehead atoms. The van der Waals surface area contributed by atoms with Crippen molar-refractivity contribution in [2.45, 2.75) is 32.9 Å². The van der Waals surface area contributed by atoms with Crippen LogP contribution < -0.4 is 9.47 Å². The van der Waals surface area contributed by atoms with Gasteiger partial charge in [-0.2, -0.15) is 0 Å². The van der Waals surface area contributed by atoms with E-state index in [1.165, 1.54) is 0 Å². The minimum Gasteiger partial charge on any atom is -0.497 e. The Balaban J connectivity index is 1.56. The number of amides is 1. The summed E-state index contributed by atoms with van der Waals surface area (Å²) >= 11 is 1.55. The molecule has 0 fully saturated rings. The van der Waals surface area contributed by atoms with Gasteiger partial charge in [0.1, 0.15) is 23.1 Å². The number of hydrogen-bond acceptors (Lipinski definition) is 5. The first-order chi connectivity index (χ1) is 14.2. The average molecular weight is 411 g/mol. The Morgan fingerprint density at radius 1 is 1.07 bits per heavy atom. The summed E-state index contributed by atoms with van der Waals surface area (Å²) in [5, 5.41) is 2.90. The molecule has 5 nitrogen and oxygen atoms in total. The Morgan fingerprint density at radius 3 is 2.48 bits per heavy atom. The molecule has 152 valence electrons. The van der Waals surface area contributed by atoms with Crippen LogP contribution in [0.4, 0.5) is 0 Å². The van der Waals surface area contributed by atoms with Crippen molar-refractivity contribution in [2.24, 2.45) is 0 Å². The zero-order chi connectivity index (χ0) is 20.5. The van der Waals surface area contributed by atoms with Crippen molar-refractivity contribution in [2.75, 3.05) is 13.7 Å². The van der Waals surface area contributed by atoms with Crippen LogP contribution in [0.25, 0.3) is 0 Å². The average Bonchev–Trinajstić information content (AvgIpc) is 3.20. The van der Waals surface area contributed by atoms with Gasteiger partial charge in [-0.3, -0.25) is 4.79 Å². The summed E-state index contributed by atoms with van der Waals surface area (Å²) in [4.78, 5) is 19.3. The van der Waals surface area contributed by atoms with Gasteiger partial charge in [-0.05, 0) is 36.2 Å². The highest BCUT2D eigenvalue weighted by molar-refractivity contribution is 7.09. The van der Waals surface area contributed by atoms with Gasteiger partial charge in [0.15, 0.2) is 0 Å². The molecular formula is C23H26N2O3S. The first-order valence-electron chi connectivity index (χ1n) is 9.69. The van der Waals surface area contributed by atoms with Crippen molar-refractivity contribution in [3.05, 3.63) is 76.2 Å². The van der Waals surface area contributed by atoms with Crippen LogP contribution in [0, 0.1) is 0 Å². The molecule has 0 saturated carbocycles. The number of benzene rings is 2. The zero-order valence-electron chi connectivity index (χ0n) is 16.8. The summed E-state index contributed by atoms with van der Waals surface area (Å²) in [6.07, 6.45) is 1.33. The Labute approximate surface area is 175 Å². The highest BCUT2D eigenvalue weighted by Crippen LogP contribution is 2.20. The molecule has 0 radical (unpaired) electrons. The summed E-state index contributed by atoms with van der Waals surface area (Å²) in [5.74, 6) is 1.69. The first kappa shape index (κ1) is 20.9. The van der Waals surface area contributed by atoms with Crippen molar-refractivity contribution in [1.29, 1.82) is 0 Å². The van der Waals surface area contributed by atoms with E-state index in [2.05, 4.69) is 11.9 Å². The summed E-state index contributed by atoms with van der Waals surface area (Å²) in [6, 6.07) is 17.3. The highest BCUT2D eigenvalue weighted by atomic mass is 32.1. The number of rotatable bonds is 10. The molecule has 0 aliphatic carbocycles. The van der Waals surface area contributed by atoms with Gasteiger partial charge in [-0.1, -0.05) is 37.3 Å². The van der Waals surface area contributed by atoms with Gasteiger partial charge in [0, 0.05) is 11.9 Å². The third kappa shape index (κ3) is 6.32. The maximum atomic E-state index is 12.7. The minimum atomic E-state index is 0.127. The molecule has 0 saturated heterocycles. The molecule has 0 unspecified atom stereocenters. The Morgan fingerprint density at radius 2 is 1.79 bits per heavy atom. The van der Waals surface area contributed by atoms with Crippen LogP contribution in [0.15, 0.2) is 60.0 Å². The highest BCUT2D eigenvalue weighted by Gasteiger charge is 2.15. The molecule has 6 heteroatoms. The fourth-order valence-electron chi connectivity index (χ4n) is 2.94. The maximum Gasteiger partial charge on any atom is 0.227 e. The van der Waals surface area contributed by atoms with E-state index in [0.29, 0.717) is 19.6 Å². The molecule has 1 amide bonds. The zero-order valence-corrected chi connectivity index (χ0v) is 17.7. The lowest BCUT2D eigenvalue weighted by molar-refractivity contribution is -0.131. The van der Waals surface area contributed by atoms with Crippen molar-refractivity contribution in [3.8, 4) is 11.5 Å². The van der Waals surface area contributed by atoms with E-state index in [9.17, 15) is 4.79 Å². The molecule has 3 rings (SSSR count). The van der Waals surface area contributed by atoms with Crippen LogP contribution in [-0.2, 0) is 24.4 Å². The molecular weight excluding hydrogens is 384 g/mol. The summed E-state index contributed by atoms with van der Waals surface area (Å²) in [6.45, 7) is 3.74. The van der Waals surface area contributed by atoms with E-state index in [0.717, 1.165) is 40.7 Å². The van der Waals surface area contributed by atoms with Gasteiger partial charge < -0.3 is 14.4 Å². The topological polar surface area (TPSA) is 51.7 Å². The molecule has 0 aliphatic rings. The third-order valence-corrected chi connectivity index (χ3v) is 5.29. The van der Waals surface area contributed by atoms with Crippen molar-refractivity contribution in [1.82, 2.24) is 9.88 Å². The second kappa shape index (κ2) is 10.6. The van der Waals surface area contributed by atoms with E-state index in [1.54, 1.807) is 18.4 Å². The van der Waals surface area contributed by atoms with Crippen LogP contribution in [0.2, 0.25) is 0 Å². The first-order valence-corrected chi connectivity index (χ1v) is 10.6. The number of methoxy groups -OCH3 is 1. The molecule has 29 heavy (non-hydrogen) atoms. The Bertz CT molecular complexity index is 894. The van der Waals surface area contributed by atoms with Gasteiger partial charge in [0.25, 0.3) is 0 Å². The van der Waals surface area contributed by atoms with Crippen LogP contribution in [0.1, 0.15) is 29.6 Å². The Kier molecular flexibility index (Phi) is 7.64. The summed E-state index contributed by atoms with van der Waals surface area (Å²) < 4.78 is 10.9. The van der Waals surface area contributed by atoms with Crippen LogP contribution in [0.5, 0.6) is 11.5 Å². The van der Waals surface area contributed by atoms with Gasteiger partial charge in [-0.25, -0.2) is 4.98 Å². The van der Waals surface area contributed by atoms with E-state index in [4.69, 9.17) is 9.47 Å². The monoisotopic (exact) mass is 410 g/mol. The largest absolute Gasteiger partial charge is 0.497 e. The molecule has 0 atom stereocenters. The van der Waals surface area contributed by atoms with E-state index < -0.39 is 0 Å². The number of aromatic nitrogens is 1. The second-order valence-corrected chi connectivity index (χ2v) is 7.62. The van der Waals surface area contributed by atoms with E-state index in [-0.39, 0.29) is 5.91 Å². The number of carbonyl (C=O) groups is 1. The second-order valence-electron chi connectivity index (χ2n) is 6.67. The maximum absolute atomic E-state index is 12.7. The fraction of sp³-hybridized carbons (Fsp3) is 0.304. The van der Waals surface area contributed by atoms with Gasteiger partial charge in [0.05, 0.1) is 25.8 Å². The molecule has 0 spiro atoms. The van der Waals surface area contributed by atoms with Gasteiger partial charge >= 0.3 is 0 Å². The van der Waals surface area contributed by atoms with E-state index >= 15 is 0 Å². The summed E-state index contributed by atoms with van der Waals surface area (Å²) in [5.41, 5.74) is 1.93. The van der Waals surface area contributed by atoms with Gasteiger partial charge in [-0.15, -0.1) is 11.3 Å². The number of ether oxygens (including phenoxy) is 2. The lowest BCUT2D eigenvalue weighted by Crippen LogP contribution is -2.32. The lowest BCUT2D eigenvalue weighted by atomic mass is 10.1. The van der Waals surface area contributed by atoms with Crippen molar-refractivity contribution >= 4 is 17.2 Å². The number of hydrogen-bond donors (Lipinski definition) is 0. The van der Waals surface area contributed by atoms with E-state index in [1.807, 2.05) is 64.9 Å². The predicted molar refractivity (Wildman–Crippen MR) is 115 cm³/mol. The molecule has 1 aromatic heterocycles. The molecule has 2 aromatic carbocycles. The minimum absolute atomic E-state index is 0.127. The molecule has 1 heterocycles. The number of carbonyl (C=O) groups excluding carboxylic acids is 1. The number of thiazole rings is 1. The van der Waals surface area contributed by atoms with Crippen LogP contribution in [-0.4, -0.2) is 29.4 Å². The molecule has 3 aromatic rings. The number of nitrogens with zero attached hydrogens (tertiary/aromatic N) is 2. The summed E-state index contributed by atoms with van der Waals surface area (Å²) in [7, 11) is 1.64.